The first-order valence-corrected chi connectivity index (χ1v) is 13.1. The van der Waals surface area contributed by atoms with Gasteiger partial charge in [0.2, 0.25) is 10.0 Å². The number of carbonyl (C=O) groups is 1. The Morgan fingerprint density at radius 1 is 1.12 bits per heavy atom. The maximum absolute atomic E-state index is 12.6. The average Bonchev–Trinajstić information content (AvgIpc) is 3.12. The number of benzene rings is 1. The molecule has 0 spiro atoms. The smallest absolute Gasteiger partial charge is 0.283 e. The molecule has 0 atom stereocenters. The van der Waals surface area contributed by atoms with E-state index >= 15 is 0 Å². The summed E-state index contributed by atoms with van der Waals surface area (Å²) in [6.07, 6.45) is 2.83. The molecular weight excluding hydrogens is 464 g/mol. The Kier molecular flexibility index (Phi) is 8.31. The molecule has 0 fully saturated rings. The number of hydrogen-bond donors (Lipinski definition) is 1. The van der Waals surface area contributed by atoms with E-state index in [2.05, 4.69) is 14.7 Å². The number of ether oxygens (including phenoxy) is 1. The van der Waals surface area contributed by atoms with Gasteiger partial charge < -0.3 is 9.30 Å². The topological polar surface area (TPSA) is 103 Å². The summed E-state index contributed by atoms with van der Waals surface area (Å²) in [5.74, 6) is 0.628. The van der Waals surface area contributed by atoms with Crippen LogP contribution in [-0.2, 0) is 23.0 Å². The number of imidazole rings is 1. The quantitative estimate of drug-likeness (QED) is 0.399. The molecule has 0 aliphatic heterocycles. The summed E-state index contributed by atoms with van der Waals surface area (Å²) in [4.78, 5) is 21.7. The predicted molar refractivity (Wildman–Crippen MR) is 129 cm³/mol. The molecule has 2 aromatic heterocycles. The number of carbonyl (C=O) groups excluding carboxylic acids is 1. The highest BCUT2D eigenvalue weighted by atomic mass is 35.5. The Hall–Kier alpha value is -2.65. The van der Waals surface area contributed by atoms with Crippen molar-refractivity contribution in [2.45, 2.75) is 53.0 Å². The molecule has 3 aromatic rings. The number of halogens is 1. The minimum atomic E-state index is -3.72. The van der Waals surface area contributed by atoms with Crippen LogP contribution in [0, 0.1) is 0 Å². The van der Waals surface area contributed by atoms with Crippen LogP contribution in [0.4, 0.5) is 0 Å². The lowest BCUT2D eigenvalue weighted by molar-refractivity contribution is 0.0977. The SMILES string of the molecule is CCCCCS(=O)(=O)NC(=O)c1ccc2nc(CC)n(Cc3ccc(OCC)cc3Cl)c2n1. The molecule has 33 heavy (non-hydrogen) atoms. The zero-order chi connectivity index (χ0) is 24.0. The molecule has 1 N–H and O–H groups in total. The van der Waals surface area contributed by atoms with Crippen LogP contribution in [0.15, 0.2) is 30.3 Å². The van der Waals surface area contributed by atoms with Crippen molar-refractivity contribution in [2.75, 3.05) is 12.4 Å². The third-order valence-corrected chi connectivity index (χ3v) is 6.82. The van der Waals surface area contributed by atoms with Gasteiger partial charge in [-0.2, -0.15) is 0 Å². The number of pyridine rings is 1. The summed E-state index contributed by atoms with van der Waals surface area (Å²) >= 11 is 6.47. The van der Waals surface area contributed by atoms with Gasteiger partial charge in [-0.15, -0.1) is 0 Å². The maximum atomic E-state index is 12.6. The van der Waals surface area contributed by atoms with Gasteiger partial charge in [-0.3, -0.25) is 4.79 Å². The lowest BCUT2D eigenvalue weighted by Gasteiger charge is -2.11. The standard InChI is InChI=1S/C23H29ClN4O4S/c1-4-7-8-13-33(30,31)27-23(29)20-12-11-19-22(26-20)28(21(5-2)25-19)15-16-9-10-17(32-6-3)14-18(16)24/h9-12,14H,4-8,13,15H2,1-3H3,(H,27,29). The first-order chi connectivity index (χ1) is 15.8. The molecule has 0 saturated carbocycles. The Morgan fingerprint density at radius 3 is 2.58 bits per heavy atom. The number of aromatic nitrogens is 3. The summed E-state index contributed by atoms with van der Waals surface area (Å²) in [5.41, 5.74) is 1.98. The molecule has 0 unspecified atom stereocenters. The molecule has 1 aromatic carbocycles. The number of fused-ring (bicyclic) bond motifs is 1. The van der Waals surface area contributed by atoms with Gasteiger partial charge in [-0.05, 0) is 43.2 Å². The first-order valence-electron chi connectivity index (χ1n) is 11.1. The molecule has 0 saturated heterocycles. The van der Waals surface area contributed by atoms with Crippen LogP contribution >= 0.6 is 11.6 Å². The molecule has 0 radical (unpaired) electrons. The Balaban J connectivity index is 1.90. The minimum Gasteiger partial charge on any atom is -0.494 e. The van der Waals surface area contributed by atoms with E-state index in [-0.39, 0.29) is 11.4 Å². The van der Waals surface area contributed by atoms with Gasteiger partial charge in [0.15, 0.2) is 5.65 Å². The van der Waals surface area contributed by atoms with Crippen molar-refractivity contribution in [2.24, 2.45) is 0 Å². The molecule has 3 rings (SSSR count). The van der Waals surface area contributed by atoms with E-state index in [1.54, 1.807) is 12.1 Å². The summed E-state index contributed by atoms with van der Waals surface area (Å²) < 4.78 is 33.9. The van der Waals surface area contributed by atoms with Gasteiger partial charge >= 0.3 is 0 Å². The highest BCUT2D eigenvalue weighted by Gasteiger charge is 2.19. The van der Waals surface area contributed by atoms with Crippen molar-refractivity contribution in [1.29, 1.82) is 0 Å². The lowest BCUT2D eigenvalue weighted by Crippen LogP contribution is -2.33. The minimum absolute atomic E-state index is 0.0168. The number of hydrogen-bond acceptors (Lipinski definition) is 6. The highest BCUT2D eigenvalue weighted by Crippen LogP contribution is 2.25. The van der Waals surface area contributed by atoms with E-state index in [9.17, 15) is 13.2 Å². The van der Waals surface area contributed by atoms with Crippen LogP contribution in [-0.4, -0.2) is 41.2 Å². The number of sulfonamides is 1. The molecule has 0 aliphatic carbocycles. The van der Waals surface area contributed by atoms with Crippen LogP contribution in [0.5, 0.6) is 5.75 Å². The summed E-state index contributed by atoms with van der Waals surface area (Å²) in [6, 6.07) is 8.67. The van der Waals surface area contributed by atoms with Gasteiger partial charge in [-0.1, -0.05) is 44.4 Å². The van der Waals surface area contributed by atoms with Crippen molar-refractivity contribution in [3.05, 3.63) is 52.4 Å². The van der Waals surface area contributed by atoms with Gasteiger partial charge in [0.25, 0.3) is 5.91 Å². The maximum Gasteiger partial charge on any atom is 0.283 e. The third kappa shape index (κ3) is 6.23. The second-order valence-electron chi connectivity index (χ2n) is 7.65. The van der Waals surface area contributed by atoms with Crippen LogP contribution in [0.2, 0.25) is 5.02 Å². The normalized spacial score (nSPS) is 11.6. The summed E-state index contributed by atoms with van der Waals surface area (Å²) in [7, 11) is -3.72. The van der Waals surface area contributed by atoms with Gasteiger partial charge in [0.05, 0.1) is 18.9 Å². The molecule has 2 heterocycles. The molecule has 10 heteroatoms. The monoisotopic (exact) mass is 492 g/mol. The summed E-state index contributed by atoms with van der Waals surface area (Å²) in [5, 5.41) is 0.553. The van der Waals surface area contributed by atoms with E-state index in [1.807, 2.05) is 37.5 Å². The molecule has 0 bridgehead atoms. The number of rotatable bonds is 11. The number of unbranched alkanes of at least 4 members (excludes halogenated alkanes) is 2. The van der Waals surface area contributed by atoms with Gasteiger partial charge in [0.1, 0.15) is 22.8 Å². The van der Waals surface area contributed by atoms with Crippen molar-refractivity contribution < 1.29 is 17.9 Å². The molecule has 0 aliphatic rings. The lowest BCUT2D eigenvalue weighted by atomic mass is 10.2. The summed E-state index contributed by atoms with van der Waals surface area (Å²) in [6.45, 7) is 6.82. The number of nitrogens with one attached hydrogen (secondary N) is 1. The van der Waals surface area contributed by atoms with Crippen molar-refractivity contribution in [3.63, 3.8) is 0 Å². The van der Waals surface area contributed by atoms with Gasteiger partial charge in [0, 0.05) is 11.4 Å². The molecule has 8 nitrogen and oxygen atoms in total. The van der Waals surface area contributed by atoms with Crippen molar-refractivity contribution in [3.8, 4) is 5.75 Å². The second-order valence-corrected chi connectivity index (χ2v) is 9.90. The number of amides is 1. The fourth-order valence-corrected chi connectivity index (χ4v) is 4.78. The Labute approximate surface area is 199 Å². The highest BCUT2D eigenvalue weighted by molar-refractivity contribution is 7.90. The first kappa shape index (κ1) is 25.0. The van der Waals surface area contributed by atoms with Crippen molar-refractivity contribution in [1.82, 2.24) is 19.3 Å². The zero-order valence-corrected chi connectivity index (χ0v) is 20.7. The Bertz CT molecular complexity index is 1240. The number of aryl methyl sites for hydroxylation is 1. The van der Waals surface area contributed by atoms with Crippen LogP contribution < -0.4 is 9.46 Å². The second kappa shape index (κ2) is 11.0. The average molecular weight is 493 g/mol. The van der Waals surface area contributed by atoms with E-state index in [0.29, 0.717) is 47.9 Å². The van der Waals surface area contributed by atoms with E-state index in [1.165, 1.54) is 6.07 Å². The largest absolute Gasteiger partial charge is 0.494 e. The molecule has 1 amide bonds. The third-order valence-electron chi connectivity index (χ3n) is 5.15. The van der Waals surface area contributed by atoms with Crippen LogP contribution in [0.3, 0.4) is 0 Å². The zero-order valence-electron chi connectivity index (χ0n) is 19.1. The molecular formula is C23H29ClN4O4S. The van der Waals surface area contributed by atoms with E-state index in [4.69, 9.17) is 16.3 Å². The van der Waals surface area contributed by atoms with Gasteiger partial charge in [-0.25, -0.2) is 23.1 Å². The fourth-order valence-electron chi connectivity index (χ4n) is 3.48. The van der Waals surface area contributed by atoms with Crippen molar-refractivity contribution >= 4 is 38.7 Å². The predicted octanol–water partition coefficient (Wildman–Crippen LogP) is 4.34. The molecule has 178 valence electrons. The van der Waals surface area contributed by atoms with E-state index < -0.39 is 15.9 Å². The fraction of sp³-hybridized carbons (Fsp3) is 0.435. The van der Waals surface area contributed by atoms with Crippen LogP contribution in [0.25, 0.3) is 11.2 Å². The van der Waals surface area contributed by atoms with E-state index in [0.717, 1.165) is 24.2 Å². The van der Waals surface area contributed by atoms with Crippen LogP contribution in [0.1, 0.15) is 61.9 Å². The Morgan fingerprint density at radius 2 is 1.91 bits per heavy atom. The number of nitrogens with zero attached hydrogens (tertiary/aromatic N) is 3.